The van der Waals surface area contributed by atoms with Gasteiger partial charge in [-0.1, -0.05) is 31.5 Å². The number of Topliss-reactive ketones (excluding diaryl/α,β-unsaturated/α-hetero) is 2. The molecule has 1 rings (SSSR count). The second kappa shape index (κ2) is 5.44. The molecule has 0 radical (unpaired) electrons. The van der Waals surface area contributed by atoms with Crippen molar-refractivity contribution in [3.05, 3.63) is 35.4 Å². The van der Waals surface area contributed by atoms with Crippen molar-refractivity contribution in [2.45, 2.75) is 33.1 Å². The van der Waals surface area contributed by atoms with Crippen molar-refractivity contribution < 1.29 is 9.59 Å². The average molecular weight is 204 g/mol. The first-order valence-corrected chi connectivity index (χ1v) is 5.29. The van der Waals surface area contributed by atoms with Gasteiger partial charge in [0.25, 0.3) is 0 Å². The number of rotatable bonds is 5. The summed E-state index contributed by atoms with van der Waals surface area (Å²) in [5.41, 5.74) is 1.26. The van der Waals surface area contributed by atoms with E-state index in [2.05, 4.69) is 6.92 Å². The fourth-order valence-corrected chi connectivity index (χ4v) is 1.39. The average Bonchev–Trinajstić information content (AvgIpc) is 2.26. The quantitative estimate of drug-likeness (QED) is 0.690. The van der Waals surface area contributed by atoms with Gasteiger partial charge in [0.1, 0.15) is 0 Å². The molecule has 0 aliphatic carbocycles. The molecule has 0 atom stereocenters. The third kappa shape index (κ3) is 3.31. The summed E-state index contributed by atoms with van der Waals surface area (Å²) in [6.45, 7) is 3.56. The highest BCUT2D eigenvalue weighted by Crippen LogP contribution is 2.10. The summed E-state index contributed by atoms with van der Waals surface area (Å²) in [6.07, 6.45) is 2.49. The standard InChI is InChI=1S/C13H16O2/c1-3-4-8-13(15)12-7-5-6-11(9-12)10(2)14/h5-7,9H,3-4,8H2,1-2H3. The monoisotopic (exact) mass is 204 g/mol. The molecule has 0 spiro atoms. The molecule has 0 aliphatic heterocycles. The van der Waals surface area contributed by atoms with Crippen LogP contribution in [0.5, 0.6) is 0 Å². The highest BCUT2D eigenvalue weighted by molar-refractivity contribution is 6.00. The van der Waals surface area contributed by atoms with E-state index in [-0.39, 0.29) is 11.6 Å². The van der Waals surface area contributed by atoms with Crippen LogP contribution < -0.4 is 0 Å². The largest absolute Gasteiger partial charge is 0.295 e. The summed E-state index contributed by atoms with van der Waals surface area (Å²) in [5, 5.41) is 0. The van der Waals surface area contributed by atoms with Crippen molar-refractivity contribution in [1.82, 2.24) is 0 Å². The predicted octanol–water partition coefficient (Wildman–Crippen LogP) is 3.26. The van der Waals surface area contributed by atoms with E-state index in [4.69, 9.17) is 0 Å². The zero-order valence-electron chi connectivity index (χ0n) is 9.25. The van der Waals surface area contributed by atoms with Crippen LogP contribution in [0.25, 0.3) is 0 Å². The maximum Gasteiger partial charge on any atom is 0.162 e. The SMILES string of the molecule is CCCCC(=O)c1cccc(C(C)=O)c1. The van der Waals surface area contributed by atoms with Gasteiger partial charge >= 0.3 is 0 Å². The molecule has 1 aromatic rings. The molecule has 0 fully saturated rings. The molecular formula is C13H16O2. The molecule has 0 heterocycles. The number of benzene rings is 1. The normalized spacial score (nSPS) is 10.0. The summed E-state index contributed by atoms with van der Waals surface area (Å²) in [6, 6.07) is 6.94. The van der Waals surface area contributed by atoms with Crippen molar-refractivity contribution in [3.63, 3.8) is 0 Å². The van der Waals surface area contributed by atoms with Gasteiger partial charge in [0.2, 0.25) is 0 Å². The molecule has 0 bridgehead atoms. The van der Waals surface area contributed by atoms with Crippen LogP contribution in [-0.2, 0) is 0 Å². The zero-order chi connectivity index (χ0) is 11.3. The number of ketones is 2. The molecule has 2 heteroatoms. The van der Waals surface area contributed by atoms with Crippen molar-refractivity contribution in [1.29, 1.82) is 0 Å². The Kier molecular flexibility index (Phi) is 4.22. The Hall–Kier alpha value is -1.44. The Morgan fingerprint density at radius 2 is 1.87 bits per heavy atom. The Bertz CT molecular complexity index is 367. The molecule has 15 heavy (non-hydrogen) atoms. The predicted molar refractivity (Wildman–Crippen MR) is 60.3 cm³/mol. The van der Waals surface area contributed by atoms with E-state index in [1.54, 1.807) is 24.3 Å². The minimum atomic E-state index is 0.000131. The van der Waals surface area contributed by atoms with Gasteiger partial charge in [0, 0.05) is 17.5 Å². The van der Waals surface area contributed by atoms with Crippen LogP contribution >= 0.6 is 0 Å². The lowest BCUT2D eigenvalue weighted by Crippen LogP contribution is -2.01. The van der Waals surface area contributed by atoms with Crippen LogP contribution in [0.2, 0.25) is 0 Å². The highest BCUT2D eigenvalue weighted by atomic mass is 16.1. The van der Waals surface area contributed by atoms with Crippen molar-refractivity contribution in [2.75, 3.05) is 0 Å². The number of hydrogen-bond acceptors (Lipinski definition) is 2. The van der Waals surface area contributed by atoms with E-state index in [9.17, 15) is 9.59 Å². The fourth-order valence-electron chi connectivity index (χ4n) is 1.39. The summed E-state index contributed by atoms with van der Waals surface area (Å²) in [7, 11) is 0. The van der Waals surface area contributed by atoms with E-state index in [1.807, 2.05) is 0 Å². The Morgan fingerprint density at radius 3 is 2.47 bits per heavy atom. The maximum absolute atomic E-state index is 11.7. The molecule has 80 valence electrons. The minimum absolute atomic E-state index is 0.000131. The van der Waals surface area contributed by atoms with Crippen LogP contribution in [0.15, 0.2) is 24.3 Å². The first kappa shape index (κ1) is 11.6. The van der Waals surface area contributed by atoms with E-state index < -0.39 is 0 Å². The first-order chi connectivity index (χ1) is 7.15. The second-order valence-electron chi connectivity index (χ2n) is 3.66. The van der Waals surface area contributed by atoms with Crippen molar-refractivity contribution in [3.8, 4) is 0 Å². The van der Waals surface area contributed by atoms with Gasteiger partial charge in [-0.15, -0.1) is 0 Å². The second-order valence-corrected chi connectivity index (χ2v) is 3.66. The Labute approximate surface area is 90.3 Å². The molecule has 0 saturated heterocycles. The van der Waals surface area contributed by atoms with Crippen LogP contribution in [0.4, 0.5) is 0 Å². The number of unbranched alkanes of at least 4 members (excludes halogenated alkanes) is 1. The van der Waals surface area contributed by atoms with E-state index >= 15 is 0 Å². The molecular weight excluding hydrogens is 188 g/mol. The molecule has 1 aromatic carbocycles. The smallest absolute Gasteiger partial charge is 0.162 e. The molecule has 0 aromatic heterocycles. The molecule has 0 N–H and O–H groups in total. The van der Waals surface area contributed by atoms with Crippen LogP contribution in [0.3, 0.4) is 0 Å². The van der Waals surface area contributed by atoms with Gasteiger partial charge in [-0.2, -0.15) is 0 Å². The van der Waals surface area contributed by atoms with E-state index in [0.29, 0.717) is 17.5 Å². The molecule has 0 aliphatic rings. The summed E-state index contributed by atoms with van der Waals surface area (Å²) in [5.74, 6) is 0.125. The lowest BCUT2D eigenvalue weighted by Gasteiger charge is -2.01. The van der Waals surface area contributed by atoms with E-state index in [0.717, 1.165) is 12.8 Å². The third-order valence-corrected chi connectivity index (χ3v) is 2.35. The van der Waals surface area contributed by atoms with E-state index in [1.165, 1.54) is 6.92 Å². The number of hydrogen-bond donors (Lipinski definition) is 0. The van der Waals surface area contributed by atoms with Crippen molar-refractivity contribution in [2.24, 2.45) is 0 Å². The van der Waals surface area contributed by atoms with Crippen LogP contribution in [0, 0.1) is 0 Å². The minimum Gasteiger partial charge on any atom is -0.295 e. The molecule has 0 saturated carbocycles. The zero-order valence-corrected chi connectivity index (χ0v) is 9.25. The topological polar surface area (TPSA) is 34.1 Å². The number of carbonyl (C=O) groups excluding carboxylic acids is 2. The first-order valence-electron chi connectivity index (χ1n) is 5.29. The summed E-state index contributed by atoms with van der Waals surface area (Å²) < 4.78 is 0. The summed E-state index contributed by atoms with van der Waals surface area (Å²) >= 11 is 0. The maximum atomic E-state index is 11.7. The lowest BCUT2D eigenvalue weighted by molar-refractivity contribution is 0.0979. The fraction of sp³-hybridized carbons (Fsp3) is 0.385. The molecule has 2 nitrogen and oxygen atoms in total. The Morgan fingerprint density at radius 1 is 1.20 bits per heavy atom. The van der Waals surface area contributed by atoms with Gasteiger partial charge in [0.15, 0.2) is 11.6 Å². The Balaban J connectivity index is 2.81. The third-order valence-electron chi connectivity index (χ3n) is 2.35. The van der Waals surface area contributed by atoms with Gasteiger partial charge in [-0.3, -0.25) is 9.59 Å². The highest BCUT2D eigenvalue weighted by Gasteiger charge is 2.07. The van der Waals surface area contributed by atoms with Gasteiger partial charge < -0.3 is 0 Å². The van der Waals surface area contributed by atoms with Crippen LogP contribution in [0.1, 0.15) is 53.8 Å². The van der Waals surface area contributed by atoms with Gasteiger partial charge in [-0.05, 0) is 19.4 Å². The van der Waals surface area contributed by atoms with Crippen molar-refractivity contribution >= 4 is 11.6 Å². The van der Waals surface area contributed by atoms with Gasteiger partial charge in [-0.25, -0.2) is 0 Å². The molecule has 0 amide bonds. The number of carbonyl (C=O) groups is 2. The van der Waals surface area contributed by atoms with Gasteiger partial charge in [0.05, 0.1) is 0 Å². The summed E-state index contributed by atoms with van der Waals surface area (Å²) in [4.78, 5) is 22.8. The lowest BCUT2D eigenvalue weighted by atomic mass is 10.0. The van der Waals surface area contributed by atoms with Crippen LogP contribution in [-0.4, -0.2) is 11.6 Å². The molecule has 0 unspecified atom stereocenters.